The molecule has 1 unspecified atom stereocenters. The van der Waals surface area contributed by atoms with E-state index in [2.05, 4.69) is 30.5 Å². The highest BCUT2D eigenvalue weighted by Gasteiger charge is 2.39. The van der Waals surface area contributed by atoms with Gasteiger partial charge in [0.2, 0.25) is 0 Å². The minimum atomic E-state index is -0.961. The molecule has 0 fully saturated rings. The average Bonchev–Trinajstić information content (AvgIpc) is 3.45. The number of para-hydroxylation sites is 1. The van der Waals surface area contributed by atoms with E-state index in [1.54, 1.807) is 12.1 Å². The number of fused-ring (bicyclic) bond motifs is 2. The van der Waals surface area contributed by atoms with Gasteiger partial charge in [-0.1, -0.05) is 62.7 Å². The van der Waals surface area contributed by atoms with Crippen molar-refractivity contribution in [3.05, 3.63) is 95.2 Å². The summed E-state index contributed by atoms with van der Waals surface area (Å²) in [6, 6.07) is 21.6. The van der Waals surface area contributed by atoms with Gasteiger partial charge in [-0.15, -0.1) is 0 Å². The Morgan fingerprint density at radius 3 is 2.41 bits per heavy atom. The maximum Gasteiger partial charge on any atom is 0.303 e. The van der Waals surface area contributed by atoms with Gasteiger partial charge < -0.3 is 19.1 Å². The molecule has 4 aromatic rings. The number of aryl methyl sites for hydroxylation is 1. The van der Waals surface area contributed by atoms with Gasteiger partial charge in [0, 0.05) is 53.7 Å². The summed E-state index contributed by atoms with van der Waals surface area (Å²) in [5.41, 5.74) is 4.37. The molecule has 0 saturated heterocycles. The van der Waals surface area contributed by atoms with Gasteiger partial charge in [0.15, 0.2) is 17.3 Å². The van der Waals surface area contributed by atoms with Crippen LogP contribution < -0.4 is 9.47 Å². The van der Waals surface area contributed by atoms with Crippen molar-refractivity contribution in [2.75, 3.05) is 0 Å². The SMILES string of the molecule is CC(C)Cc1ccc(C2(C)Oc3ccc(C(=O)c4cn(CCCCCC(=O)O)c5ccccc45)cc3O2)cc1. The Balaban J connectivity index is 1.34. The van der Waals surface area contributed by atoms with Crippen LogP contribution in [0.3, 0.4) is 0 Å². The molecule has 3 aromatic carbocycles. The molecule has 202 valence electrons. The molecule has 1 atom stereocenters. The number of rotatable bonds is 11. The molecule has 5 rings (SSSR count). The summed E-state index contributed by atoms with van der Waals surface area (Å²) in [6.07, 6.45) is 5.44. The molecule has 6 heteroatoms. The van der Waals surface area contributed by atoms with Gasteiger partial charge in [0.25, 0.3) is 5.79 Å². The van der Waals surface area contributed by atoms with Gasteiger partial charge in [-0.3, -0.25) is 9.59 Å². The second-order valence-corrected chi connectivity index (χ2v) is 10.9. The zero-order valence-electron chi connectivity index (χ0n) is 22.8. The summed E-state index contributed by atoms with van der Waals surface area (Å²) >= 11 is 0. The third-order valence-corrected chi connectivity index (χ3v) is 7.26. The second kappa shape index (κ2) is 11.0. The van der Waals surface area contributed by atoms with E-state index in [-0.39, 0.29) is 12.2 Å². The van der Waals surface area contributed by atoms with Crippen LogP contribution in [0.5, 0.6) is 11.5 Å². The van der Waals surface area contributed by atoms with Gasteiger partial charge in [-0.2, -0.15) is 0 Å². The number of unbranched alkanes of at least 4 members (excludes halogenated alkanes) is 2. The lowest BCUT2D eigenvalue weighted by Gasteiger charge is -2.23. The van der Waals surface area contributed by atoms with Crippen molar-refractivity contribution < 1.29 is 24.2 Å². The predicted octanol–water partition coefficient (Wildman–Crippen LogP) is 7.36. The zero-order chi connectivity index (χ0) is 27.6. The summed E-state index contributed by atoms with van der Waals surface area (Å²) in [7, 11) is 0. The first-order valence-electron chi connectivity index (χ1n) is 13.7. The number of ketones is 1. The molecular formula is C33H35NO5. The summed E-state index contributed by atoms with van der Waals surface area (Å²) in [4.78, 5) is 24.5. The molecular weight excluding hydrogens is 490 g/mol. The lowest BCUT2D eigenvalue weighted by atomic mass is 9.99. The van der Waals surface area contributed by atoms with E-state index >= 15 is 0 Å². The highest BCUT2D eigenvalue weighted by Crippen LogP contribution is 2.44. The Bertz CT molecular complexity index is 1500. The number of carboxylic acid groups (broad SMARTS) is 1. The number of carbonyl (C=O) groups excluding carboxylic acids is 1. The van der Waals surface area contributed by atoms with E-state index in [9.17, 15) is 9.59 Å². The summed E-state index contributed by atoms with van der Waals surface area (Å²) in [5, 5.41) is 9.77. The van der Waals surface area contributed by atoms with Crippen LogP contribution in [0.4, 0.5) is 0 Å². The number of carboxylic acids is 1. The third-order valence-electron chi connectivity index (χ3n) is 7.26. The van der Waals surface area contributed by atoms with Crippen molar-refractivity contribution in [1.82, 2.24) is 4.57 Å². The average molecular weight is 526 g/mol. The lowest BCUT2D eigenvalue weighted by Crippen LogP contribution is -2.31. The van der Waals surface area contributed by atoms with Crippen molar-refractivity contribution in [2.45, 2.75) is 65.2 Å². The van der Waals surface area contributed by atoms with Gasteiger partial charge in [-0.25, -0.2) is 0 Å². The van der Waals surface area contributed by atoms with Crippen molar-refractivity contribution in [3.8, 4) is 11.5 Å². The summed E-state index contributed by atoms with van der Waals surface area (Å²) in [5.74, 6) is -0.0482. The van der Waals surface area contributed by atoms with Crippen molar-refractivity contribution >= 4 is 22.7 Å². The molecule has 0 bridgehead atoms. The maximum absolute atomic E-state index is 13.7. The fourth-order valence-electron chi connectivity index (χ4n) is 5.29. The lowest BCUT2D eigenvalue weighted by molar-refractivity contribution is -0.137. The van der Waals surface area contributed by atoms with Gasteiger partial charge in [-0.05, 0) is 55.0 Å². The van der Waals surface area contributed by atoms with Crippen LogP contribution >= 0.6 is 0 Å². The molecule has 1 aliphatic rings. The molecule has 0 amide bonds. The number of aliphatic carboxylic acids is 1. The molecule has 0 spiro atoms. The Hall–Kier alpha value is -4.06. The first-order valence-corrected chi connectivity index (χ1v) is 13.7. The first-order chi connectivity index (χ1) is 18.7. The molecule has 0 saturated carbocycles. The van der Waals surface area contributed by atoms with E-state index in [4.69, 9.17) is 14.6 Å². The molecule has 6 nitrogen and oxygen atoms in total. The van der Waals surface area contributed by atoms with Crippen LogP contribution in [0.15, 0.2) is 72.9 Å². The largest absolute Gasteiger partial charge is 0.481 e. The number of ether oxygens (including phenoxy) is 2. The quantitative estimate of drug-likeness (QED) is 0.163. The predicted molar refractivity (Wildman–Crippen MR) is 152 cm³/mol. The van der Waals surface area contributed by atoms with Crippen molar-refractivity contribution in [1.29, 1.82) is 0 Å². The van der Waals surface area contributed by atoms with Crippen LogP contribution in [0.2, 0.25) is 0 Å². The maximum atomic E-state index is 13.7. The smallest absolute Gasteiger partial charge is 0.303 e. The molecule has 0 aliphatic carbocycles. The Morgan fingerprint density at radius 2 is 1.67 bits per heavy atom. The monoisotopic (exact) mass is 525 g/mol. The van der Waals surface area contributed by atoms with Crippen LogP contribution in [0.25, 0.3) is 10.9 Å². The zero-order valence-corrected chi connectivity index (χ0v) is 22.8. The van der Waals surface area contributed by atoms with Gasteiger partial charge >= 0.3 is 5.97 Å². The van der Waals surface area contributed by atoms with E-state index in [1.165, 1.54) is 5.56 Å². The topological polar surface area (TPSA) is 77.8 Å². The first kappa shape index (κ1) is 26.5. The number of aromatic nitrogens is 1. The third kappa shape index (κ3) is 5.70. The molecule has 1 aliphatic heterocycles. The molecule has 0 radical (unpaired) electrons. The van der Waals surface area contributed by atoms with E-state index < -0.39 is 11.8 Å². The van der Waals surface area contributed by atoms with Crippen molar-refractivity contribution in [3.63, 3.8) is 0 Å². The van der Waals surface area contributed by atoms with Crippen LogP contribution in [-0.4, -0.2) is 21.4 Å². The second-order valence-electron chi connectivity index (χ2n) is 10.9. The van der Waals surface area contributed by atoms with Gasteiger partial charge in [0.1, 0.15) is 0 Å². The Morgan fingerprint density at radius 1 is 0.923 bits per heavy atom. The number of carbonyl (C=O) groups is 2. The number of hydrogen-bond acceptors (Lipinski definition) is 4. The van der Waals surface area contributed by atoms with Gasteiger partial charge in [0.05, 0.1) is 0 Å². The standard InChI is InChI=1S/C33H35NO5/c1-22(2)19-23-12-15-25(16-13-23)33(3)38-29-17-14-24(20-30(29)39-33)32(37)27-21-34(18-8-4-5-11-31(35)36)28-10-7-6-9-26(27)28/h6-7,9-10,12-17,20-22H,4-5,8,11,18-19H2,1-3H3,(H,35,36). The Kier molecular flexibility index (Phi) is 7.47. The Labute approximate surface area is 229 Å². The van der Waals surface area contributed by atoms with E-state index in [1.807, 2.05) is 55.6 Å². The molecule has 2 heterocycles. The number of nitrogens with zero attached hydrogens (tertiary/aromatic N) is 1. The summed E-state index contributed by atoms with van der Waals surface area (Å²) in [6.45, 7) is 7.03. The molecule has 1 N–H and O–H groups in total. The highest BCUT2D eigenvalue weighted by molar-refractivity contribution is 6.16. The van der Waals surface area contributed by atoms with E-state index in [0.717, 1.165) is 42.3 Å². The normalized spacial score (nSPS) is 16.2. The number of hydrogen-bond donors (Lipinski definition) is 1. The minimum Gasteiger partial charge on any atom is -0.481 e. The highest BCUT2D eigenvalue weighted by atomic mass is 16.7. The minimum absolute atomic E-state index is 0.0751. The van der Waals surface area contributed by atoms with Crippen LogP contribution in [0.1, 0.15) is 73.5 Å². The molecule has 1 aromatic heterocycles. The van der Waals surface area contributed by atoms with Crippen LogP contribution in [0, 0.1) is 5.92 Å². The fourth-order valence-corrected chi connectivity index (χ4v) is 5.29. The van der Waals surface area contributed by atoms with Crippen molar-refractivity contribution in [2.24, 2.45) is 5.92 Å². The summed E-state index contributed by atoms with van der Waals surface area (Å²) < 4.78 is 14.6. The van der Waals surface area contributed by atoms with Crippen LogP contribution in [-0.2, 0) is 23.5 Å². The number of benzene rings is 3. The molecule has 39 heavy (non-hydrogen) atoms. The van der Waals surface area contributed by atoms with E-state index in [0.29, 0.717) is 35.0 Å². The fraction of sp³-hybridized carbons (Fsp3) is 0.333.